The monoisotopic (exact) mass is 210 g/mol. The van der Waals surface area contributed by atoms with Crippen LogP contribution in [0.3, 0.4) is 0 Å². The van der Waals surface area contributed by atoms with Gasteiger partial charge in [-0.05, 0) is 31.0 Å². The molecule has 0 aliphatic rings. The predicted octanol–water partition coefficient (Wildman–Crippen LogP) is 0.783. The van der Waals surface area contributed by atoms with E-state index in [9.17, 15) is 0 Å². The molecule has 0 fully saturated rings. The zero-order valence-electron chi connectivity index (χ0n) is 9.06. The quantitative estimate of drug-likeness (QED) is 0.728. The summed E-state index contributed by atoms with van der Waals surface area (Å²) in [5.41, 5.74) is 0.863. The molecule has 1 aromatic heterocycles. The lowest BCUT2D eigenvalue weighted by molar-refractivity contribution is 0.281. The van der Waals surface area contributed by atoms with Crippen LogP contribution in [0.5, 0.6) is 0 Å². The van der Waals surface area contributed by atoms with Crippen LogP contribution in [0.1, 0.15) is 18.9 Å². The van der Waals surface area contributed by atoms with Crippen LogP contribution in [0.4, 0.5) is 5.82 Å². The molecule has 0 aliphatic carbocycles. The zero-order chi connectivity index (χ0) is 11.1. The highest BCUT2D eigenvalue weighted by Gasteiger charge is 2.05. The Kier molecular flexibility index (Phi) is 5.07. The van der Waals surface area contributed by atoms with Gasteiger partial charge in [-0.25, -0.2) is 4.98 Å². The molecular formula is C11H18N2O2. The fourth-order valence-corrected chi connectivity index (χ4v) is 1.43. The molecule has 0 unspecified atom stereocenters. The Morgan fingerprint density at radius 2 is 2.20 bits per heavy atom. The fourth-order valence-electron chi connectivity index (χ4n) is 1.43. The molecule has 0 bridgehead atoms. The second kappa shape index (κ2) is 6.37. The van der Waals surface area contributed by atoms with Crippen molar-refractivity contribution in [1.29, 1.82) is 0 Å². The fraction of sp³-hybridized carbons (Fsp3) is 0.545. The number of hydrogen-bond acceptors (Lipinski definition) is 4. The van der Waals surface area contributed by atoms with Crippen molar-refractivity contribution >= 4 is 5.82 Å². The first-order chi connectivity index (χ1) is 7.31. The third-order valence-corrected chi connectivity index (χ3v) is 2.28. The first-order valence-corrected chi connectivity index (χ1v) is 5.23. The van der Waals surface area contributed by atoms with Gasteiger partial charge in [-0.15, -0.1) is 0 Å². The minimum Gasteiger partial charge on any atom is -0.396 e. The molecule has 1 aromatic rings. The third-order valence-electron chi connectivity index (χ3n) is 2.28. The van der Waals surface area contributed by atoms with Crippen LogP contribution >= 0.6 is 0 Å². The molecule has 4 nitrogen and oxygen atoms in total. The Bertz CT molecular complexity index is 292. The molecule has 0 saturated heterocycles. The van der Waals surface area contributed by atoms with Gasteiger partial charge in [-0.2, -0.15) is 0 Å². The van der Waals surface area contributed by atoms with E-state index in [-0.39, 0.29) is 13.2 Å². The summed E-state index contributed by atoms with van der Waals surface area (Å²) >= 11 is 0. The molecule has 15 heavy (non-hydrogen) atoms. The van der Waals surface area contributed by atoms with Crippen LogP contribution in [-0.4, -0.2) is 34.9 Å². The smallest absolute Gasteiger partial charge is 0.128 e. The largest absolute Gasteiger partial charge is 0.396 e. The molecule has 1 heterocycles. The lowest BCUT2D eigenvalue weighted by atomic mass is 10.2. The molecule has 0 spiro atoms. The van der Waals surface area contributed by atoms with Crippen molar-refractivity contribution in [1.82, 2.24) is 4.98 Å². The molecule has 0 atom stereocenters. The molecule has 4 heteroatoms. The van der Waals surface area contributed by atoms with Crippen molar-refractivity contribution in [2.24, 2.45) is 0 Å². The second-order valence-corrected chi connectivity index (χ2v) is 3.34. The average molecular weight is 210 g/mol. The van der Waals surface area contributed by atoms with Crippen molar-refractivity contribution < 1.29 is 10.2 Å². The van der Waals surface area contributed by atoms with Crippen molar-refractivity contribution in [3.63, 3.8) is 0 Å². The van der Waals surface area contributed by atoms with Gasteiger partial charge in [-0.1, -0.05) is 0 Å². The van der Waals surface area contributed by atoms with Crippen molar-refractivity contribution in [2.75, 3.05) is 24.6 Å². The number of aliphatic hydroxyl groups excluding tert-OH is 2. The molecule has 0 aliphatic heterocycles. The van der Waals surface area contributed by atoms with Gasteiger partial charge < -0.3 is 15.1 Å². The molecule has 0 amide bonds. The third kappa shape index (κ3) is 3.49. The number of aromatic nitrogens is 1. The van der Waals surface area contributed by atoms with E-state index >= 15 is 0 Å². The van der Waals surface area contributed by atoms with Gasteiger partial charge in [-0.3, -0.25) is 0 Å². The van der Waals surface area contributed by atoms with E-state index in [1.54, 1.807) is 12.3 Å². The summed E-state index contributed by atoms with van der Waals surface area (Å²) in [7, 11) is 0. The Balaban J connectivity index is 2.72. The normalized spacial score (nSPS) is 10.3. The van der Waals surface area contributed by atoms with E-state index in [0.29, 0.717) is 0 Å². The lowest BCUT2D eigenvalue weighted by Gasteiger charge is -2.21. The van der Waals surface area contributed by atoms with Gasteiger partial charge in [0.1, 0.15) is 5.82 Å². The summed E-state index contributed by atoms with van der Waals surface area (Å²) in [5, 5.41) is 17.8. The van der Waals surface area contributed by atoms with E-state index in [2.05, 4.69) is 9.88 Å². The highest BCUT2D eigenvalue weighted by atomic mass is 16.3. The van der Waals surface area contributed by atoms with Gasteiger partial charge in [0.25, 0.3) is 0 Å². The van der Waals surface area contributed by atoms with Crippen LogP contribution in [0.25, 0.3) is 0 Å². The first kappa shape index (κ1) is 11.9. The number of rotatable bonds is 6. The second-order valence-electron chi connectivity index (χ2n) is 3.34. The number of nitrogens with zero attached hydrogens (tertiary/aromatic N) is 2. The van der Waals surface area contributed by atoms with Gasteiger partial charge in [0.05, 0.1) is 6.61 Å². The summed E-state index contributed by atoms with van der Waals surface area (Å²) in [5.74, 6) is 0.859. The van der Waals surface area contributed by atoms with E-state index in [0.717, 1.165) is 30.9 Å². The van der Waals surface area contributed by atoms with Crippen LogP contribution < -0.4 is 4.90 Å². The molecule has 0 radical (unpaired) electrons. The van der Waals surface area contributed by atoms with Crippen LogP contribution in [-0.2, 0) is 6.61 Å². The summed E-state index contributed by atoms with van der Waals surface area (Å²) in [6.07, 6.45) is 2.43. The van der Waals surface area contributed by atoms with Gasteiger partial charge >= 0.3 is 0 Å². The van der Waals surface area contributed by atoms with Crippen molar-refractivity contribution in [3.05, 3.63) is 23.9 Å². The summed E-state index contributed by atoms with van der Waals surface area (Å²) in [6, 6.07) is 3.67. The SMILES string of the molecule is CCN(CCCO)c1cc(CO)ccn1. The zero-order valence-corrected chi connectivity index (χ0v) is 9.06. The minimum absolute atomic E-state index is 0.0348. The van der Waals surface area contributed by atoms with Crippen LogP contribution in [0.2, 0.25) is 0 Å². The number of aliphatic hydroxyl groups is 2. The summed E-state index contributed by atoms with van der Waals surface area (Å²) in [6.45, 7) is 3.91. The van der Waals surface area contributed by atoms with Crippen molar-refractivity contribution in [2.45, 2.75) is 20.0 Å². The molecule has 2 N–H and O–H groups in total. The van der Waals surface area contributed by atoms with Gasteiger partial charge in [0.2, 0.25) is 0 Å². The van der Waals surface area contributed by atoms with Crippen molar-refractivity contribution in [3.8, 4) is 0 Å². The number of hydrogen-bond donors (Lipinski definition) is 2. The molecule has 84 valence electrons. The summed E-state index contributed by atoms with van der Waals surface area (Å²) < 4.78 is 0. The van der Waals surface area contributed by atoms with Crippen LogP contribution in [0.15, 0.2) is 18.3 Å². The average Bonchev–Trinajstić information content (AvgIpc) is 2.30. The maximum Gasteiger partial charge on any atom is 0.128 e. The maximum absolute atomic E-state index is 9.01. The van der Waals surface area contributed by atoms with E-state index < -0.39 is 0 Å². The topological polar surface area (TPSA) is 56.6 Å². The highest BCUT2D eigenvalue weighted by Crippen LogP contribution is 2.12. The first-order valence-electron chi connectivity index (χ1n) is 5.23. The Morgan fingerprint density at radius 3 is 2.80 bits per heavy atom. The maximum atomic E-state index is 9.01. The lowest BCUT2D eigenvalue weighted by Crippen LogP contribution is -2.25. The Hall–Kier alpha value is -1.13. The minimum atomic E-state index is 0.0348. The van der Waals surface area contributed by atoms with E-state index in [1.807, 2.05) is 13.0 Å². The molecular weight excluding hydrogens is 192 g/mol. The van der Waals surface area contributed by atoms with E-state index in [4.69, 9.17) is 10.2 Å². The van der Waals surface area contributed by atoms with Gasteiger partial charge in [0, 0.05) is 25.9 Å². The molecule has 0 saturated carbocycles. The number of pyridine rings is 1. The van der Waals surface area contributed by atoms with E-state index in [1.165, 1.54) is 0 Å². The van der Waals surface area contributed by atoms with Crippen LogP contribution in [0, 0.1) is 0 Å². The Labute approximate surface area is 90.2 Å². The van der Waals surface area contributed by atoms with Gasteiger partial charge in [0.15, 0.2) is 0 Å². The highest BCUT2D eigenvalue weighted by molar-refractivity contribution is 5.40. The number of anilines is 1. The predicted molar refractivity (Wildman–Crippen MR) is 59.7 cm³/mol. The summed E-state index contributed by atoms with van der Waals surface area (Å²) in [4.78, 5) is 6.32. The Morgan fingerprint density at radius 1 is 1.40 bits per heavy atom. The standard InChI is InChI=1S/C11H18N2O2/c1-2-13(6-3-7-14)11-8-10(9-15)4-5-12-11/h4-5,8,14-15H,2-3,6-7,9H2,1H3. The molecule has 1 rings (SSSR count). The molecule has 0 aromatic carbocycles.